The van der Waals surface area contributed by atoms with Gasteiger partial charge >= 0.3 is 5.97 Å². The van der Waals surface area contributed by atoms with E-state index < -0.39 is 29.9 Å². The molecule has 0 heterocycles. The lowest BCUT2D eigenvalue weighted by molar-refractivity contribution is -0.136. The van der Waals surface area contributed by atoms with Crippen LogP contribution in [-0.4, -0.2) is 17.0 Å². The van der Waals surface area contributed by atoms with Gasteiger partial charge in [0.15, 0.2) is 0 Å². The predicted molar refractivity (Wildman–Crippen MR) is 52.0 cm³/mol. The first-order valence-corrected chi connectivity index (χ1v) is 4.37. The van der Waals surface area contributed by atoms with Crippen molar-refractivity contribution < 1.29 is 23.5 Å². The van der Waals surface area contributed by atoms with Gasteiger partial charge in [-0.2, -0.15) is 0 Å². The van der Waals surface area contributed by atoms with Crippen LogP contribution in [0.1, 0.15) is 12.5 Å². The molecule has 0 spiro atoms. The molecular formula is C10H9F2NO3. The molecular weight excluding hydrogens is 220 g/mol. The van der Waals surface area contributed by atoms with E-state index in [-0.39, 0.29) is 11.3 Å². The Balaban J connectivity index is 3.06. The molecule has 0 unspecified atom stereocenters. The van der Waals surface area contributed by atoms with Crippen LogP contribution in [-0.2, 0) is 16.0 Å². The highest BCUT2D eigenvalue weighted by molar-refractivity contribution is 5.88. The molecule has 1 rings (SSSR count). The molecule has 86 valence electrons. The normalized spacial score (nSPS) is 9.94. The Kier molecular flexibility index (Phi) is 3.55. The summed E-state index contributed by atoms with van der Waals surface area (Å²) in [6.45, 7) is 1.16. The van der Waals surface area contributed by atoms with Gasteiger partial charge in [-0.15, -0.1) is 0 Å². The molecule has 1 aromatic rings. The minimum absolute atomic E-state index is 0.265. The average Bonchev–Trinajstić information content (AvgIpc) is 2.11. The molecule has 1 aromatic carbocycles. The monoisotopic (exact) mass is 229 g/mol. The van der Waals surface area contributed by atoms with E-state index in [4.69, 9.17) is 5.11 Å². The molecule has 0 aliphatic rings. The third-order valence-corrected chi connectivity index (χ3v) is 1.79. The van der Waals surface area contributed by atoms with E-state index in [1.165, 1.54) is 0 Å². The Morgan fingerprint density at radius 1 is 1.31 bits per heavy atom. The predicted octanol–water partition coefficient (Wildman–Crippen LogP) is 1.55. The summed E-state index contributed by atoms with van der Waals surface area (Å²) in [5.41, 5.74) is -0.571. The number of hydrogen-bond acceptors (Lipinski definition) is 2. The van der Waals surface area contributed by atoms with Crippen LogP contribution in [0.25, 0.3) is 0 Å². The standard InChI is InChI=1S/C10H9F2NO3/c1-5(14)13-9-4-7(11)6(2-8(9)12)3-10(15)16/h2,4H,3H2,1H3,(H,13,14)(H,15,16). The van der Waals surface area contributed by atoms with Crippen molar-refractivity contribution in [2.24, 2.45) is 0 Å². The number of carboxylic acids is 1. The van der Waals surface area contributed by atoms with E-state index in [1.807, 2.05) is 0 Å². The molecule has 1 amide bonds. The molecule has 4 nitrogen and oxygen atoms in total. The fourth-order valence-corrected chi connectivity index (χ4v) is 1.17. The fraction of sp³-hybridized carbons (Fsp3) is 0.200. The molecule has 0 saturated carbocycles. The lowest BCUT2D eigenvalue weighted by Gasteiger charge is -2.06. The Hall–Kier alpha value is -1.98. The number of halogens is 2. The summed E-state index contributed by atoms with van der Waals surface area (Å²) in [4.78, 5) is 21.0. The van der Waals surface area contributed by atoms with Gasteiger partial charge in [0.25, 0.3) is 0 Å². The third-order valence-electron chi connectivity index (χ3n) is 1.79. The fourth-order valence-electron chi connectivity index (χ4n) is 1.17. The van der Waals surface area contributed by atoms with Crippen molar-refractivity contribution in [2.45, 2.75) is 13.3 Å². The van der Waals surface area contributed by atoms with Gasteiger partial charge in [0.1, 0.15) is 11.6 Å². The van der Waals surface area contributed by atoms with Crippen molar-refractivity contribution in [3.05, 3.63) is 29.3 Å². The number of benzene rings is 1. The summed E-state index contributed by atoms with van der Waals surface area (Å²) in [6, 6.07) is 1.52. The maximum absolute atomic E-state index is 13.3. The molecule has 0 fully saturated rings. The van der Waals surface area contributed by atoms with Crippen LogP contribution in [0.5, 0.6) is 0 Å². The molecule has 0 radical (unpaired) electrons. The second-order valence-electron chi connectivity index (χ2n) is 3.18. The smallest absolute Gasteiger partial charge is 0.307 e. The zero-order valence-corrected chi connectivity index (χ0v) is 8.38. The number of rotatable bonds is 3. The summed E-state index contributed by atoms with van der Waals surface area (Å²) in [7, 11) is 0. The van der Waals surface area contributed by atoms with Gasteiger partial charge in [0, 0.05) is 18.6 Å². The van der Waals surface area contributed by atoms with E-state index in [0.717, 1.165) is 19.1 Å². The highest BCUT2D eigenvalue weighted by atomic mass is 19.1. The van der Waals surface area contributed by atoms with Crippen molar-refractivity contribution in [1.82, 2.24) is 0 Å². The minimum atomic E-state index is -1.26. The zero-order valence-electron chi connectivity index (χ0n) is 8.38. The number of carbonyl (C=O) groups is 2. The number of aliphatic carboxylic acids is 1. The Bertz CT molecular complexity index is 404. The molecule has 16 heavy (non-hydrogen) atoms. The molecule has 0 atom stereocenters. The van der Waals surface area contributed by atoms with Crippen molar-refractivity contribution in [3.63, 3.8) is 0 Å². The zero-order chi connectivity index (χ0) is 12.3. The van der Waals surface area contributed by atoms with Gasteiger partial charge in [-0.1, -0.05) is 0 Å². The lowest BCUT2D eigenvalue weighted by atomic mass is 10.1. The number of anilines is 1. The molecule has 0 bridgehead atoms. The summed E-state index contributed by atoms with van der Waals surface area (Å²) in [5.74, 6) is -3.53. The van der Waals surface area contributed by atoms with Crippen LogP contribution in [0, 0.1) is 11.6 Å². The molecule has 0 aliphatic heterocycles. The number of amides is 1. The lowest BCUT2D eigenvalue weighted by Crippen LogP contribution is -2.10. The Morgan fingerprint density at radius 2 is 1.94 bits per heavy atom. The number of carbonyl (C=O) groups excluding carboxylic acids is 1. The molecule has 2 N–H and O–H groups in total. The van der Waals surface area contributed by atoms with Crippen molar-refractivity contribution in [2.75, 3.05) is 5.32 Å². The van der Waals surface area contributed by atoms with Crippen LogP contribution in [0.3, 0.4) is 0 Å². The molecule has 6 heteroatoms. The third kappa shape index (κ3) is 3.01. The summed E-state index contributed by atoms with van der Waals surface area (Å²) in [6.07, 6.45) is -0.608. The molecule has 0 aromatic heterocycles. The second kappa shape index (κ2) is 4.69. The first kappa shape index (κ1) is 12.1. The average molecular weight is 229 g/mol. The van der Waals surface area contributed by atoms with Gasteiger partial charge in [-0.3, -0.25) is 9.59 Å². The number of nitrogens with one attached hydrogen (secondary N) is 1. The molecule has 0 aliphatic carbocycles. The van der Waals surface area contributed by atoms with Crippen LogP contribution >= 0.6 is 0 Å². The van der Waals surface area contributed by atoms with Gasteiger partial charge in [0.2, 0.25) is 5.91 Å². The SMILES string of the molecule is CC(=O)Nc1cc(F)c(CC(=O)O)cc1F. The van der Waals surface area contributed by atoms with E-state index in [0.29, 0.717) is 0 Å². The van der Waals surface area contributed by atoms with Crippen molar-refractivity contribution in [1.29, 1.82) is 0 Å². The van der Waals surface area contributed by atoms with Crippen molar-refractivity contribution in [3.8, 4) is 0 Å². The van der Waals surface area contributed by atoms with E-state index in [9.17, 15) is 18.4 Å². The van der Waals surface area contributed by atoms with Gasteiger partial charge in [-0.05, 0) is 6.07 Å². The minimum Gasteiger partial charge on any atom is -0.481 e. The van der Waals surface area contributed by atoms with Crippen LogP contribution in [0.15, 0.2) is 12.1 Å². The van der Waals surface area contributed by atoms with Crippen LogP contribution < -0.4 is 5.32 Å². The first-order chi connectivity index (χ1) is 7.40. The van der Waals surface area contributed by atoms with Gasteiger partial charge in [0.05, 0.1) is 12.1 Å². The Labute approximate surface area is 89.9 Å². The van der Waals surface area contributed by atoms with Gasteiger partial charge < -0.3 is 10.4 Å². The summed E-state index contributed by atoms with van der Waals surface area (Å²) >= 11 is 0. The topological polar surface area (TPSA) is 66.4 Å². The van der Waals surface area contributed by atoms with Gasteiger partial charge in [-0.25, -0.2) is 8.78 Å². The van der Waals surface area contributed by atoms with E-state index >= 15 is 0 Å². The largest absolute Gasteiger partial charge is 0.481 e. The summed E-state index contributed by atoms with van der Waals surface area (Å²) in [5, 5.41) is 10.5. The van der Waals surface area contributed by atoms with Crippen LogP contribution in [0.4, 0.5) is 14.5 Å². The Morgan fingerprint density at radius 3 is 2.44 bits per heavy atom. The van der Waals surface area contributed by atoms with E-state index in [2.05, 4.69) is 5.32 Å². The number of carboxylic acid groups (broad SMARTS) is 1. The maximum atomic E-state index is 13.3. The number of hydrogen-bond donors (Lipinski definition) is 2. The highest BCUT2D eigenvalue weighted by Gasteiger charge is 2.13. The van der Waals surface area contributed by atoms with E-state index in [1.54, 1.807) is 0 Å². The maximum Gasteiger partial charge on any atom is 0.307 e. The quantitative estimate of drug-likeness (QED) is 0.826. The highest BCUT2D eigenvalue weighted by Crippen LogP contribution is 2.19. The second-order valence-corrected chi connectivity index (χ2v) is 3.18. The first-order valence-electron chi connectivity index (χ1n) is 4.37. The molecule has 0 saturated heterocycles. The summed E-state index contributed by atoms with van der Waals surface area (Å²) < 4.78 is 26.5. The van der Waals surface area contributed by atoms with Crippen molar-refractivity contribution >= 4 is 17.6 Å². The van der Waals surface area contributed by atoms with Crippen LogP contribution in [0.2, 0.25) is 0 Å².